The van der Waals surface area contributed by atoms with Gasteiger partial charge in [0.2, 0.25) is 0 Å². The molecule has 0 aliphatic carbocycles. The Morgan fingerprint density at radius 1 is 1.13 bits per heavy atom. The number of halogens is 5. The third-order valence-corrected chi connectivity index (χ3v) is 3.40. The molecule has 0 aliphatic heterocycles. The van der Waals surface area contributed by atoms with E-state index in [1.807, 2.05) is 0 Å². The van der Waals surface area contributed by atoms with Crippen LogP contribution in [0, 0.1) is 0 Å². The number of hydrogen-bond acceptors (Lipinski definition) is 5. The molecule has 0 radical (unpaired) electrons. The minimum Gasteiger partial charge on any atom is -0.737 e. The monoisotopic (exact) mass is 371 g/mol. The summed E-state index contributed by atoms with van der Waals surface area (Å²) in [5.74, 6) is 0. The summed E-state index contributed by atoms with van der Waals surface area (Å²) in [5.41, 5.74) is -5.55. The average Bonchev–Trinajstić information content (AvgIpc) is 2.41. The molecule has 23 heavy (non-hydrogen) atoms. The number of carbonyl (C=O) groups excluding carboxylic acids is 2. The Hall–Kier alpha value is -1.42. The molecule has 0 N–H and O–H groups in total. The Morgan fingerprint density at radius 2 is 1.65 bits per heavy atom. The average molecular weight is 371 g/mol. The first-order valence-corrected chi connectivity index (χ1v) is 7.18. The van der Waals surface area contributed by atoms with E-state index in [0.29, 0.717) is 6.42 Å². The van der Waals surface area contributed by atoms with Gasteiger partial charge in [-0.3, -0.25) is 0 Å². The number of unbranched alkanes of at least 4 members (excludes halogenated alkanes) is 1. The van der Waals surface area contributed by atoms with Gasteiger partial charge in [-0.25, -0.2) is 13.8 Å². The fraction of sp³-hybridized carbons (Fsp3) is 0.462. The second-order valence-corrected chi connectivity index (χ2v) is 5.29. The van der Waals surface area contributed by atoms with Crippen molar-refractivity contribution in [2.75, 3.05) is 0 Å². The van der Waals surface area contributed by atoms with Crippen LogP contribution in [0.25, 0.3) is 0 Å². The van der Waals surface area contributed by atoms with Gasteiger partial charge in [-0.05, 0) is 18.4 Å². The first-order valence-electron chi connectivity index (χ1n) is 6.37. The molecular formula is C13H10F5NO2S2-2. The Kier molecular flexibility index (Phi) is 6.34. The first kappa shape index (κ1) is 19.6. The molecule has 128 valence electrons. The number of nitrogens with zero attached hydrogens (tertiary/aromatic N) is 1. The van der Waals surface area contributed by atoms with Crippen molar-refractivity contribution in [1.82, 2.24) is 4.98 Å². The van der Waals surface area contributed by atoms with Crippen LogP contribution in [0.5, 0.6) is 0 Å². The minimum atomic E-state index is -5.17. The smallest absolute Gasteiger partial charge is 0.434 e. The molecule has 0 aliphatic rings. The fourth-order valence-corrected chi connectivity index (χ4v) is 2.52. The lowest BCUT2D eigenvalue weighted by molar-refractivity contribution is -0.141. The van der Waals surface area contributed by atoms with Gasteiger partial charge in [0.15, 0.2) is 5.69 Å². The van der Waals surface area contributed by atoms with E-state index in [4.69, 9.17) is 0 Å². The van der Waals surface area contributed by atoms with Crippen molar-refractivity contribution < 1.29 is 31.5 Å². The van der Waals surface area contributed by atoms with Gasteiger partial charge >= 0.3 is 6.18 Å². The van der Waals surface area contributed by atoms with E-state index in [9.17, 15) is 31.5 Å². The molecule has 1 heterocycles. The van der Waals surface area contributed by atoms with Crippen LogP contribution >= 0.6 is 0 Å². The number of aromatic nitrogens is 1. The lowest BCUT2D eigenvalue weighted by Crippen LogP contribution is -2.22. The van der Waals surface area contributed by atoms with Gasteiger partial charge in [0.05, 0.1) is 0 Å². The molecule has 0 saturated carbocycles. The highest BCUT2D eigenvalue weighted by molar-refractivity contribution is 7.78. The van der Waals surface area contributed by atoms with Gasteiger partial charge in [0, 0.05) is 21.4 Å². The predicted molar refractivity (Wildman–Crippen MR) is 76.2 cm³/mol. The van der Waals surface area contributed by atoms with Gasteiger partial charge < -0.3 is 34.8 Å². The maximum atomic E-state index is 13.1. The van der Waals surface area contributed by atoms with Gasteiger partial charge in [-0.1, -0.05) is 13.3 Å². The molecule has 0 atom stereocenters. The van der Waals surface area contributed by atoms with Crippen molar-refractivity contribution in [1.29, 1.82) is 0 Å². The fourth-order valence-electron chi connectivity index (χ4n) is 2.07. The summed E-state index contributed by atoms with van der Waals surface area (Å²) in [4.78, 5) is 25.8. The van der Waals surface area contributed by atoms with Crippen molar-refractivity contribution in [3.63, 3.8) is 0 Å². The summed E-state index contributed by atoms with van der Waals surface area (Å²) in [5, 5.41) is -2.72. The number of pyridine rings is 1. The first-order chi connectivity index (χ1) is 10.5. The highest BCUT2D eigenvalue weighted by Gasteiger charge is 2.39. The molecule has 0 bridgehead atoms. The minimum absolute atomic E-state index is 0.211. The maximum absolute atomic E-state index is 13.1. The summed E-state index contributed by atoms with van der Waals surface area (Å²) in [6.07, 6.45) is -8.08. The van der Waals surface area contributed by atoms with E-state index >= 15 is 0 Å². The number of carbonyl (C=O) groups is 2. The molecule has 0 amide bonds. The molecule has 1 aromatic rings. The van der Waals surface area contributed by atoms with Crippen LogP contribution in [0.4, 0.5) is 22.0 Å². The summed E-state index contributed by atoms with van der Waals surface area (Å²) in [6.45, 7) is 1.70. The van der Waals surface area contributed by atoms with Crippen molar-refractivity contribution >= 4 is 35.5 Å². The highest BCUT2D eigenvalue weighted by Crippen LogP contribution is 2.37. The van der Waals surface area contributed by atoms with Crippen molar-refractivity contribution in [3.8, 4) is 0 Å². The number of rotatable bonds is 6. The Labute approximate surface area is 139 Å². The van der Waals surface area contributed by atoms with E-state index in [2.05, 4.69) is 30.2 Å². The molecule has 0 spiro atoms. The van der Waals surface area contributed by atoms with E-state index in [1.54, 1.807) is 6.92 Å². The molecule has 0 aromatic carbocycles. The zero-order valence-electron chi connectivity index (χ0n) is 11.7. The van der Waals surface area contributed by atoms with Crippen LogP contribution in [0.2, 0.25) is 0 Å². The molecule has 1 rings (SSSR count). The van der Waals surface area contributed by atoms with Crippen LogP contribution in [-0.4, -0.2) is 15.2 Å². The molecule has 0 saturated heterocycles. The standard InChI is InChI=1S/C13H12F5NO2S2/c1-2-3-4-5-6(11(20)22)8(10(14)15)19-9(13(16,17)18)7(5)12(21)23/h10H,2-4H2,1H3,(H,20,22)(H,21,23)/p-2. The van der Waals surface area contributed by atoms with Gasteiger partial charge in [-0.2, -0.15) is 13.2 Å². The molecule has 0 fully saturated rings. The summed E-state index contributed by atoms with van der Waals surface area (Å²) in [7, 11) is 0. The van der Waals surface area contributed by atoms with Gasteiger partial charge in [0.1, 0.15) is 5.69 Å². The van der Waals surface area contributed by atoms with Crippen molar-refractivity contribution in [2.45, 2.75) is 38.8 Å². The number of alkyl halides is 5. The van der Waals surface area contributed by atoms with E-state index in [0.717, 1.165) is 0 Å². The molecule has 1 aromatic heterocycles. The van der Waals surface area contributed by atoms with Crippen LogP contribution in [0.3, 0.4) is 0 Å². The lowest BCUT2D eigenvalue weighted by atomic mass is 9.94. The second-order valence-electron chi connectivity index (χ2n) is 4.55. The Bertz CT molecular complexity index is 632. The SMILES string of the molecule is CCCCc1c(C(=O)[S-])c(C(F)F)nc(C(F)(F)F)c1C(=O)[S-]. The van der Waals surface area contributed by atoms with E-state index < -0.39 is 50.9 Å². The largest absolute Gasteiger partial charge is 0.737 e. The quantitative estimate of drug-likeness (QED) is 0.563. The Morgan fingerprint density at radius 3 is 2.00 bits per heavy atom. The van der Waals surface area contributed by atoms with Crippen molar-refractivity contribution in [2.24, 2.45) is 0 Å². The van der Waals surface area contributed by atoms with Gasteiger partial charge in [-0.15, -0.1) is 0 Å². The third kappa shape index (κ3) is 4.31. The summed E-state index contributed by atoms with van der Waals surface area (Å²) >= 11 is 8.62. The van der Waals surface area contributed by atoms with Crippen LogP contribution in [0.1, 0.15) is 63.9 Å². The maximum Gasteiger partial charge on any atom is 0.434 e. The normalized spacial score (nSPS) is 11.8. The zero-order chi connectivity index (χ0) is 17.9. The summed E-state index contributed by atoms with van der Waals surface area (Å²) in [6, 6.07) is 0. The Balaban J connectivity index is 3.92. The lowest BCUT2D eigenvalue weighted by Gasteiger charge is -2.24. The third-order valence-electron chi connectivity index (χ3n) is 2.99. The molecule has 0 unspecified atom stereocenters. The van der Waals surface area contributed by atoms with Crippen LogP contribution in [0.15, 0.2) is 0 Å². The van der Waals surface area contributed by atoms with E-state index in [-0.39, 0.29) is 12.8 Å². The zero-order valence-corrected chi connectivity index (χ0v) is 13.3. The molecular weight excluding hydrogens is 361 g/mol. The number of hydrogen-bond donors (Lipinski definition) is 0. The topological polar surface area (TPSA) is 47.0 Å². The van der Waals surface area contributed by atoms with E-state index in [1.165, 1.54) is 0 Å². The highest BCUT2D eigenvalue weighted by atomic mass is 32.1. The molecule has 10 heteroatoms. The second kappa shape index (κ2) is 7.43. The summed E-state index contributed by atoms with van der Waals surface area (Å²) < 4.78 is 65.3. The van der Waals surface area contributed by atoms with Crippen LogP contribution in [-0.2, 0) is 37.9 Å². The van der Waals surface area contributed by atoms with Gasteiger partial charge in [0.25, 0.3) is 6.43 Å². The van der Waals surface area contributed by atoms with Crippen LogP contribution < -0.4 is 0 Å². The molecule has 3 nitrogen and oxygen atoms in total. The van der Waals surface area contributed by atoms with Crippen molar-refractivity contribution in [3.05, 3.63) is 28.1 Å². The predicted octanol–water partition coefficient (Wildman–Crippen LogP) is 3.75.